The summed E-state index contributed by atoms with van der Waals surface area (Å²) < 4.78 is 18.7. The van der Waals surface area contributed by atoms with Gasteiger partial charge in [-0.1, -0.05) is 20.3 Å². The Hall–Kier alpha value is -0.910. The van der Waals surface area contributed by atoms with Crippen molar-refractivity contribution in [3.05, 3.63) is 0 Å². The minimum absolute atomic E-state index is 0.0586. The molecular formula is C23H41O7P. The summed E-state index contributed by atoms with van der Waals surface area (Å²) in [5.74, 6) is -0.145. The van der Waals surface area contributed by atoms with E-state index in [2.05, 4.69) is 6.92 Å². The second-order valence-corrected chi connectivity index (χ2v) is 13.0. The van der Waals surface area contributed by atoms with Crippen molar-refractivity contribution in [2.24, 2.45) is 29.1 Å². The molecule has 2 saturated carbocycles. The van der Waals surface area contributed by atoms with E-state index in [-0.39, 0.29) is 30.1 Å². The third-order valence-electron chi connectivity index (χ3n) is 7.67. The molecule has 7 nitrogen and oxygen atoms in total. The van der Waals surface area contributed by atoms with Gasteiger partial charge in [-0.15, -0.1) is 0 Å². The number of aliphatic carboxylic acids is 1. The third kappa shape index (κ3) is 7.30. The lowest BCUT2D eigenvalue weighted by Gasteiger charge is -2.48. The lowest BCUT2D eigenvalue weighted by atomic mass is 9.60. The van der Waals surface area contributed by atoms with Crippen LogP contribution in [0.4, 0.5) is 0 Å². The second kappa shape index (κ2) is 10.8. The van der Waals surface area contributed by atoms with Crippen LogP contribution in [-0.4, -0.2) is 51.6 Å². The number of carbonyl (C=O) groups is 2. The predicted molar refractivity (Wildman–Crippen MR) is 119 cm³/mol. The van der Waals surface area contributed by atoms with E-state index in [1.807, 2.05) is 20.8 Å². The highest BCUT2D eigenvalue weighted by Crippen LogP contribution is 2.51. The molecule has 0 aliphatic heterocycles. The number of hydrogen-bond acceptors (Lipinski definition) is 5. The van der Waals surface area contributed by atoms with E-state index in [9.17, 15) is 24.2 Å². The Morgan fingerprint density at radius 1 is 1.19 bits per heavy atom. The summed E-state index contributed by atoms with van der Waals surface area (Å²) in [6, 6.07) is 0. The normalized spacial score (nSPS) is 31.9. The summed E-state index contributed by atoms with van der Waals surface area (Å²) in [6.07, 6.45) is 4.04. The summed E-state index contributed by atoms with van der Waals surface area (Å²) in [5.41, 5.74) is -0.524. The first-order chi connectivity index (χ1) is 14.4. The maximum absolute atomic E-state index is 12.8. The lowest BCUT2D eigenvalue weighted by molar-refractivity contribution is -0.171. The summed E-state index contributed by atoms with van der Waals surface area (Å²) >= 11 is 0. The van der Waals surface area contributed by atoms with Gasteiger partial charge in [0.05, 0.1) is 24.1 Å². The lowest BCUT2D eigenvalue weighted by Crippen LogP contribution is -2.46. The zero-order valence-electron chi connectivity index (χ0n) is 19.5. The largest absolute Gasteiger partial charge is 0.481 e. The van der Waals surface area contributed by atoms with E-state index in [1.165, 1.54) is 0 Å². The van der Waals surface area contributed by atoms with Crippen LogP contribution in [0.5, 0.6) is 0 Å². The van der Waals surface area contributed by atoms with Gasteiger partial charge in [-0.3, -0.25) is 14.2 Å². The van der Waals surface area contributed by atoms with Crippen molar-refractivity contribution in [1.82, 2.24) is 0 Å². The summed E-state index contributed by atoms with van der Waals surface area (Å²) in [5, 5.41) is 18.6. The molecule has 0 bridgehead atoms. The highest BCUT2D eigenvalue weighted by Gasteiger charge is 2.46. The van der Waals surface area contributed by atoms with Gasteiger partial charge in [-0.25, -0.2) is 0 Å². The van der Waals surface area contributed by atoms with E-state index in [0.29, 0.717) is 24.7 Å². The molecule has 2 aliphatic carbocycles. The SMILES string of the molecule is CCC(C)(C)C(=O)O[C@H]1CCC[C@@H]2CC[C@H](C)[C@H](CCP(=O)(O)C[C@@H](O)CC(=O)O)[C@H]21. The average Bonchev–Trinajstić information content (AvgIpc) is 2.66. The van der Waals surface area contributed by atoms with Gasteiger partial charge in [0.1, 0.15) is 6.10 Å². The van der Waals surface area contributed by atoms with Crippen molar-refractivity contribution >= 4 is 19.3 Å². The number of esters is 1. The molecule has 2 aliphatic rings. The molecule has 1 unspecified atom stereocenters. The smallest absolute Gasteiger partial charge is 0.311 e. The molecule has 0 aromatic rings. The second-order valence-electron chi connectivity index (χ2n) is 10.5. The maximum Gasteiger partial charge on any atom is 0.311 e. The minimum atomic E-state index is -3.65. The zero-order valence-corrected chi connectivity index (χ0v) is 20.4. The molecule has 0 aromatic heterocycles. The number of fused-ring (bicyclic) bond motifs is 1. The molecule has 0 spiro atoms. The van der Waals surface area contributed by atoms with Gasteiger partial charge in [-0.2, -0.15) is 0 Å². The molecular weight excluding hydrogens is 419 g/mol. The molecule has 0 saturated heterocycles. The number of hydrogen-bond donors (Lipinski definition) is 3. The van der Waals surface area contributed by atoms with E-state index >= 15 is 0 Å². The zero-order chi connectivity index (χ0) is 23.4. The molecule has 0 amide bonds. The maximum atomic E-state index is 12.8. The van der Waals surface area contributed by atoms with Crippen LogP contribution >= 0.6 is 7.37 Å². The fraction of sp³-hybridized carbons (Fsp3) is 0.913. The van der Waals surface area contributed by atoms with Crippen LogP contribution in [-0.2, 0) is 18.9 Å². The molecule has 2 rings (SSSR count). The summed E-state index contributed by atoms with van der Waals surface area (Å²) in [4.78, 5) is 33.9. The van der Waals surface area contributed by atoms with Crippen LogP contribution < -0.4 is 0 Å². The van der Waals surface area contributed by atoms with Crippen LogP contribution in [0, 0.1) is 29.1 Å². The van der Waals surface area contributed by atoms with Crippen LogP contribution in [0.3, 0.4) is 0 Å². The van der Waals surface area contributed by atoms with E-state index in [0.717, 1.165) is 32.1 Å². The quantitative estimate of drug-likeness (QED) is 0.328. The van der Waals surface area contributed by atoms with Crippen molar-refractivity contribution in [1.29, 1.82) is 0 Å². The van der Waals surface area contributed by atoms with Crippen molar-refractivity contribution in [2.75, 3.05) is 12.3 Å². The van der Waals surface area contributed by atoms with E-state index < -0.39 is 37.4 Å². The van der Waals surface area contributed by atoms with Gasteiger partial charge >= 0.3 is 11.9 Å². The standard InChI is InChI=1S/C23H41O7P/c1-5-23(3,4)22(27)30-19-8-6-7-16-10-9-15(2)18(21(16)19)11-12-31(28,29)14-17(24)13-20(25)26/h15-19,21,24H,5-14H2,1-4H3,(H,25,26)(H,28,29)/t15-,16+,17-,18-,19-,21-/m0/s1. The van der Waals surface area contributed by atoms with Gasteiger partial charge in [0, 0.05) is 12.1 Å². The highest BCUT2D eigenvalue weighted by molar-refractivity contribution is 7.58. The molecule has 3 N–H and O–H groups in total. The third-order valence-corrected chi connectivity index (χ3v) is 9.62. The molecule has 0 radical (unpaired) electrons. The van der Waals surface area contributed by atoms with Crippen molar-refractivity contribution in [3.63, 3.8) is 0 Å². The number of carbonyl (C=O) groups excluding carboxylic acids is 1. The van der Waals surface area contributed by atoms with E-state index in [1.54, 1.807) is 0 Å². The van der Waals surface area contributed by atoms with Crippen LogP contribution in [0.15, 0.2) is 0 Å². The minimum Gasteiger partial charge on any atom is -0.481 e. The van der Waals surface area contributed by atoms with Crippen LogP contribution in [0.2, 0.25) is 0 Å². The fourth-order valence-corrected chi connectivity index (χ4v) is 7.07. The van der Waals surface area contributed by atoms with Crippen molar-refractivity contribution < 1.29 is 34.0 Å². The molecule has 8 heteroatoms. The molecule has 180 valence electrons. The number of aliphatic hydroxyl groups is 1. The number of carboxylic acids is 1. The first-order valence-corrected chi connectivity index (χ1v) is 13.8. The van der Waals surface area contributed by atoms with Crippen LogP contribution in [0.1, 0.15) is 79.1 Å². The average molecular weight is 461 g/mol. The van der Waals surface area contributed by atoms with Gasteiger partial charge in [0.2, 0.25) is 7.37 Å². The monoisotopic (exact) mass is 460 g/mol. The van der Waals surface area contributed by atoms with Gasteiger partial charge < -0.3 is 19.8 Å². The Morgan fingerprint density at radius 2 is 1.87 bits per heavy atom. The van der Waals surface area contributed by atoms with Crippen molar-refractivity contribution in [3.8, 4) is 0 Å². The number of carboxylic acid groups (broad SMARTS) is 1. The van der Waals surface area contributed by atoms with Gasteiger partial charge in [0.25, 0.3) is 0 Å². The number of ether oxygens (including phenoxy) is 1. The van der Waals surface area contributed by atoms with Gasteiger partial charge in [-0.05, 0) is 70.1 Å². The highest BCUT2D eigenvalue weighted by atomic mass is 31.2. The predicted octanol–water partition coefficient (Wildman–Crippen LogP) is 4.29. The topological polar surface area (TPSA) is 121 Å². The van der Waals surface area contributed by atoms with Crippen LogP contribution in [0.25, 0.3) is 0 Å². The summed E-state index contributed by atoms with van der Waals surface area (Å²) in [6.45, 7) is 7.96. The van der Waals surface area contributed by atoms with Crippen molar-refractivity contribution in [2.45, 2.75) is 91.3 Å². The molecule has 31 heavy (non-hydrogen) atoms. The number of aliphatic hydroxyl groups excluding tert-OH is 1. The summed E-state index contributed by atoms with van der Waals surface area (Å²) in [7, 11) is -3.65. The van der Waals surface area contributed by atoms with Gasteiger partial charge in [0.15, 0.2) is 0 Å². The molecule has 0 heterocycles. The Kier molecular flexibility index (Phi) is 9.18. The Morgan fingerprint density at radius 3 is 2.48 bits per heavy atom. The Labute approximate surface area is 186 Å². The molecule has 7 atom stereocenters. The molecule has 0 aromatic carbocycles. The first kappa shape index (κ1) is 26.3. The first-order valence-electron chi connectivity index (χ1n) is 11.8. The fourth-order valence-electron chi connectivity index (χ4n) is 5.40. The Bertz CT molecular complexity index is 677. The Balaban J connectivity index is 2.10. The molecule has 2 fully saturated rings. The van der Waals surface area contributed by atoms with E-state index in [4.69, 9.17) is 9.84 Å². The number of rotatable bonds is 10.